The first kappa shape index (κ1) is 38.4. The number of imidazole rings is 1. The summed E-state index contributed by atoms with van der Waals surface area (Å²) in [6, 6.07) is 39.7. The summed E-state index contributed by atoms with van der Waals surface area (Å²) in [5, 5.41) is 10.7. The number of halogens is 1. The molecule has 6 nitrogen and oxygen atoms in total. The molecule has 1 radical (unpaired) electrons. The molecule has 60 heavy (non-hydrogen) atoms. The fourth-order valence-corrected chi connectivity index (χ4v) is 7.56. The quantitative estimate of drug-likeness (QED) is 0.155. The zero-order chi connectivity index (χ0) is 44.1. The molecule has 0 aliphatic carbocycles. The summed E-state index contributed by atoms with van der Waals surface area (Å²) in [5.41, 5.74) is 12.7. The smallest absolute Gasteiger partial charge is 0.190 e. The summed E-state index contributed by atoms with van der Waals surface area (Å²) >= 11 is 0. The standard InChI is InChI=1S/C36H31N4O.C16H17FN.Ir/c1-21(2)26-11-7-12-27(22(3)4)33(26)40-31-17-18-37-39-35(31)38-36(40)30-14-8-13-29-28-16-15-25(20-32(28)41-34(29)30)24-10-6-9-23(5)19-24;1-11-5-7-13(14(17)9-11)15-8-6-12(10-18-15)16(2,3)4;/h6-13,15-22H,1-5H3;5-6,8-10H,1-4H3;/q2*-1;/i;1D3;. The predicted octanol–water partition coefficient (Wildman–Crippen LogP) is 13.7. The number of para-hydroxylation sites is 1. The van der Waals surface area contributed by atoms with Crippen LogP contribution in [0.4, 0.5) is 4.39 Å². The number of aryl methyl sites for hydroxylation is 2. The van der Waals surface area contributed by atoms with Crippen molar-refractivity contribution in [1.29, 1.82) is 0 Å². The molecule has 9 rings (SSSR count). The van der Waals surface area contributed by atoms with Gasteiger partial charge in [-0.2, -0.15) is 5.10 Å². The first-order valence-electron chi connectivity index (χ1n) is 21.5. The fraction of sp³-hybridized carbons (Fsp3) is 0.231. The number of furan rings is 1. The zero-order valence-electron chi connectivity index (χ0n) is 38.0. The minimum atomic E-state index is -2.33. The molecule has 4 aromatic heterocycles. The molecule has 0 saturated heterocycles. The van der Waals surface area contributed by atoms with Gasteiger partial charge in [-0.05, 0) is 69.8 Å². The molecule has 0 unspecified atom stereocenters. The Morgan fingerprint density at radius 1 is 0.800 bits per heavy atom. The van der Waals surface area contributed by atoms with E-state index in [0.717, 1.165) is 61.7 Å². The molecule has 0 aliphatic rings. The summed E-state index contributed by atoms with van der Waals surface area (Å²) in [6.07, 6.45) is 3.44. The average Bonchev–Trinajstić information content (AvgIpc) is 3.81. The van der Waals surface area contributed by atoms with Gasteiger partial charge in [0.05, 0.1) is 23.1 Å². The number of aromatic nitrogens is 5. The molecule has 305 valence electrons. The molecular formula is C52H48FIrN5O-2. The van der Waals surface area contributed by atoms with Gasteiger partial charge < -0.3 is 14.0 Å². The predicted molar refractivity (Wildman–Crippen MR) is 238 cm³/mol. The summed E-state index contributed by atoms with van der Waals surface area (Å²) in [7, 11) is 0. The second kappa shape index (κ2) is 17.0. The third-order valence-corrected chi connectivity index (χ3v) is 10.7. The molecule has 0 N–H and O–H groups in total. The van der Waals surface area contributed by atoms with Gasteiger partial charge in [0.1, 0.15) is 5.58 Å². The molecule has 0 atom stereocenters. The Morgan fingerprint density at radius 2 is 1.55 bits per heavy atom. The number of pyridine rings is 1. The van der Waals surface area contributed by atoms with E-state index in [0.29, 0.717) is 23.2 Å². The maximum Gasteiger partial charge on any atom is 0.190 e. The van der Waals surface area contributed by atoms with Crippen molar-refractivity contribution in [2.75, 3.05) is 0 Å². The van der Waals surface area contributed by atoms with Gasteiger partial charge in [0.2, 0.25) is 0 Å². The Labute approximate surface area is 369 Å². The second-order valence-electron chi connectivity index (χ2n) is 16.7. The number of hydrogen-bond donors (Lipinski definition) is 0. The first-order valence-corrected chi connectivity index (χ1v) is 20.0. The Balaban J connectivity index is 0.000000229. The molecule has 0 fully saturated rings. The third-order valence-electron chi connectivity index (χ3n) is 10.7. The van der Waals surface area contributed by atoms with Crippen molar-refractivity contribution in [3.8, 4) is 39.5 Å². The van der Waals surface area contributed by atoms with Crippen LogP contribution in [-0.2, 0) is 25.5 Å². The molecule has 8 heteroatoms. The average molecular weight is 973 g/mol. The largest absolute Gasteiger partial charge is 0.501 e. The van der Waals surface area contributed by atoms with Gasteiger partial charge in [-0.3, -0.25) is 9.37 Å². The summed E-state index contributed by atoms with van der Waals surface area (Å²) in [5.74, 6) is 0.753. The van der Waals surface area contributed by atoms with Gasteiger partial charge in [-0.25, -0.2) is 0 Å². The van der Waals surface area contributed by atoms with E-state index in [4.69, 9.17) is 13.5 Å². The zero-order valence-corrected chi connectivity index (χ0v) is 37.4. The van der Waals surface area contributed by atoms with Crippen LogP contribution < -0.4 is 0 Å². The monoisotopic (exact) mass is 973 g/mol. The minimum Gasteiger partial charge on any atom is -0.501 e. The van der Waals surface area contributed by atoms with Gasteiger partial charge in [0, 0.05) is 47.3 Å². The van der Waals surface area contributed by atoms with Crippen molar-refractivity contribution in [3.05, 3.63) is 161 Å². The summed E-state index contributed by atoms with van der Waals surface area (Å²) in [4.78, 5) is 9.31. The van der Waals surface area contributed by atoms with E-state index < -0.39 is 12.7 Å². The number of nitrogens with zero attached hydrogens (tertiary/aromatic N) is 5. The van der Waals surface area contributed by atoms with Crippen molar-refractivity contribution in [2.45, 2.75) is 79.5 Å². The second-order valence-corrected chi connectivity index (χ2v) is 16.7. The fourth-order valence-electron chi connectivity index (χ4n) is 7.56. The van der Waals surface area contributed by atoms with Gasteiger partial charge >= 0.3 is 0 Å². The van der Waals surface area contributed by atoms with Crippen LogP contribution in [0.5, 0.6) is 0 Å². The maximum atomic E-state index is 14.1. The van der Waals surface area contributed by atoms with Crippen molar-refractivity contribution >= 4 is 33.1 Å². The molecule has 0 spiro atoms. The number of benzene rings is 5. The molecular weight excluding hydrogens is 922 g/mol. The number of hydrogen-bond acceptors (Lipinski definition) is 5. The van der Waals surface area contributed by atoms with Crippen LogP contribution in [0.25, 0.3) is 72.6 Å². The first-order chi connectivity index (χ1) is 29.5. The van der Waals surface area contributed by atoms with Gasteiger partial charge in [-0.15, -0.1) is 47.1 Å². The van der Waals surface area contributed by atoms with E-state index in [-0.39, 0.29) is 36.6 Å². The van der Waals surface area contributed by atoms with E-state index >= 15 is 0 Å². The van der Waals surface area contributed by atoms with Crippen molar-refractivity contribution < 1.29 is 33.0 Å². The van der Waals surface area contributed by atoms with Crippen LogP contribution in [0.1, 0.15) is 92.2 Å². The van der Waals surface area contributed by atoms with Crippen LogP contribution in [0.15, 0.2) is 120 Å². The van der Waals surface area contributed by atoms with E-state index in [1.807, 2.05) is 18.2 Å². The van der Waals surface area contributed by atoms with Gasteiger partial charge in [-0.1, -0.05) is 144 Å². The molecule has 4 heterocycles. The Hall–Kier alpha value is -5.82. The van der Waals surface area contributed by atoms with Crippen molar-refractivity contribution in [3.63, 3.8) is 0 Å². The Morgan fingerprint density at radius 3 is 2.22 bits per heavy atom. The van der Waals surface area contributed by atoms with Crippen LogP contribution in [0, 0.1) is 31.7 Å². The molecule has 0 aliphatic heterocycles. The normalized spacial score (nSPS) is 12.6. The van der Waals surface area contributed by atoms with Crippen molar-refractivity contribution in [2.24, 2.45) is 0 Å². The third kappa shape index (κ3) is 8.19. The summed E-state index contributed by atoms with van der Waals surface area (Å²) in [6.45, 7) is 14.9. The van der Waals surface area contributed by atoms with Crippen LogP contribution in [0.2, 0.25) is 0 Å². The molecule has 0 bridgehead atoms. The molecule has 0 amide bonds. The number of rotatable bonds is 6. The Kier molecular flexibility index (Phi) is 10.9. The SMILES string of the molecule is Cc1cccc(-c2ccc3c(c2)oc2c(-c4nc5nnccc5n4-c4c(C(C)C)cccc4C(C)C)[c-]ccc23)c1.[2H]C([2H])([2H])c1c[c-]c(-c2ccc(C(C)(C)C)cn2)c(F)c1.[Ir]. The van der Waals surface area contributed by atoms with Gasteiger partial charge in [0.25, 0.3) is 0 Å². The summed E-state index contributed by atoms with van der Waals surface area (Å²) < 4.78 is 44.8. The van der Waals surface area contributed by atoms with Gasteiger partial charge in [0.15, 0.2) is 5.65 Å². The van der Waals surface area contributed by atoms with E-state index in [9.17, 15) is 4.39 Å². The minimum absolute atomic E-state index is 0. The van der Waals surface area contributed by atoms with Crippen LogP contribution in [0.3, 0.4) is 0 Å². The van der Waals surface area contributed by atoms with E-state index in [1.54, 1.807) is 18.5 Å². The number of fused-ring (bicyclic) bond motifs is 4. The molecule has 9 aromatic rings. The molecule has 5 aromatic carbocycles. The molecule has 0 saturated carbocycles. The topological polar surface area (TPSA) is 69.6 Å². The Bertz CT molecular complexity index is 3070. The van der Waals surface area contributed by atoms with Crippen LogP contribution in [-0.4, -0.2) is 24.7 Å². The maximum absolute atomic E-state index is 14.1. The van der Waals surface area contributed by atoms with Crippen LogP contribution >= 0.6 is 0 Å². The van der Waals surface area contributed by atoms with E-state index in [1.165, 1.54) is 28.3 Å². The van der Waals surface area contributed by atoms with Crippen molar-refractivity contribution in [1.82, 2.24) is 24.7 Å². The van der Waals surface area contributed by atoms with E-state index in [2.05, 4.69) is 154 Å².